The number of alkyl halides is 3. The highest BCUT2D eigenvalue weighted by molar-refractivity contribution is 5.85. The van der Waals surface area contributed by atoms with E-state index in [0.717, 1.165) is 11.6 Å². The van der Waals surface area contributed by atoms with Gasteiger partial charge in [-0.05, 0) is 17.7 Å². The van der Waals surface area contributed by atoms with Gasteiger partial charge in [0.15, 0.2) is 5.69 Å². The number of halogens is 3. The second-order valence-corrected chi connectivity index (χ2v) is 6.13. The van der Waals surface area contributed by atoms with Crippen molar-refractivity contribution < 1.29 is 22.7 Å². The van der Waals surface area contributed by atoms with Gasteiger partial charge in [-0.25, -0.2) is 0 Å². The number of nitrogens with one attached hydrogen (secondary N) is 1. The van der Waals surface area contributed by atoms with Crippen LogP contribution in [0.5, 0.6) is 0 Å². The summed E-state index contributed by atoms with van der Waals surface area (Å²) in [5.41, 5.74) is -0.149. The van der Waals surface area contributed by atoms with Crippen LogP contribution in [0.2, 0.25) is 0 Å². The van der Waals surface area contributed by atoms with E-state index in [0.29, 0.717) is 32.7 Å². The summed E-state index contributed by atoms with van der Waals surface area (Å²) in [5, 5.41) is 9.71. The topological polar surface area (TPSA) is 67.4 Å². The molecule has 0 bridgehead atoms. The number of ether oxygens (including phenoxy) is 1. The molecule has 1 aliphatic heterocycles. The fraction of sp³-hybridized carbons (Fsp3) is 0.389. The third-order valence-electron chi connectivity index (χ3n) is 4.18. The maximum Gasteiger partial charge on any atom is 0.435 e. The Bertz CT molecular complexity index is 747. The summed E-state index contributed by atoms with van der Waals surface area (Å²) < 4.78 is 43.2. The predicted octanol–water partition coefficient (Wildman–Crippen LogP) is 2.38. The first kappa shape index (κ1) is 19.1. The minimum Gasteiger partial charge on any atom is -0.378 e. The van der Waals surface area contributed by atoms with Gasteiger partial charge in [0.05, 0.1) is 13.2 Å². The van der Waals surface area contributed by atoms with Crippen molar-refractivity contribution in [2.45, 2.75) is 18.6 Å². The summed E-state index contributed by atoms with van der Waals surface area (Å²) >= 11 is 0. The Morgan fingerprint density at radius 2 is 1.81 bits per heavy atom. The third-order valence-corrected chi connectivity index (χ3v) is 4.18. The molecule has 1 aliphatic rings. The van der Waals surface area contributed by atoms with Crippen LogP contribution in [0, 0.1) is 0 Å². The van der Waals surface area contributed by atoms with Crippen LogP contribution >= 0.6 is 0 Å². The first-order valence-corrected chi connectivity index (χ1v) is 8.51. The number of morpholine rings is 1. The maximum atomic E-state index is 12.9. The minimum atomic E-state index is -4.56. The van der Waals surface area contributed by atoms with Crippen LogP contribution in [-0.4, -0.2) is 53.3 Å². The highest BCUT2D eigenvalue weighted by Gasteiger charge is 2.33. The summed E-state index contributed by atoms with van der Waals surface area (Å²) in [6, 6.07) is 10.7. The summed E-state index contributed by atoms with van der Waals surface area (Å²) in [4.78, 5) is 14.6. The highest BCUT2D eigenvalue weighted by Crippen LogP contribution is 2.27. The molecule has 1 fully saturated rings. The monoisotopic (exact) mass is 380 g/mol. The van der Waals surface area contributed by atoms with E-state index in [1.165, 1.54) is 6.07 Å². The molecule has 1 N–H and O–H groups in total. The van der Waals surface area contributed by atoms with E-state index in [9.17, 15) is 18.0 Å². The Hall–Kier alpha value is -2.68. The fourth-order valence-electron chi connectivity index (χ4n) is 2.79. The summed E-state index contributed by atoms with van der Waals surface area (Å²) in [5.74, 6) is -0.0330. The van der Waals surface area contributed by atoms with Gasteiger partial charge in [-0.2, -0.15) is 13.2 Å². The highest BCUT2D eigenvalue weighted by atomic mass is 19.4. The lowest BCUT2D eigenvalue weighted by Crippen LogP contribution is -2.48. The van der Waals surface area contributed by atoms with Crippen LogP contribution < -0.4 is 5.32 Å². The average Bonchev–Trinajstić information content (AvgIpc) is 2.68. The number of amides is 1. The van der Waals surface area contributed by atoms with Crippen molar-refractivity contribution >= 4 is 11.7 Å². The maximum absolute atomic E-state index is 12.9. The van der Waals surface area contributed by atoms with Crippen LogP contribution in [0.4, 0.5) is 19.0 Å². The molecule has 2 aromatic rings. The number of benzene rings is 1. The molecule has 1 unspecified atom stereocenters. The lowest BCUT2D eigenvalue weighted by molar-refractivity contribution is -0.141. The Morgan fingerprint density at radius 1 is 1.11 bits per heavy atom. The number of carbonyl (C=O) groups excluding carboxylic acids is 1. The minimum absolute atomic E-state index is 0.116. The number of hydrogen-bond acceptors (Lipinski definition) is 5. The molecule has 1 aromatic heterocycles. The molecule has 0 saturated carbocycles. The van der Waals surface area contributed by atoms with Crippen molar-refractivity contribution in [3.63, 3.8) is 0 Å². The van der Waals surface area contributed by atoms with Gasteiger partial charge in [-0.1, -0.05) is 30.3 Å². The largest absolute Gasteiger partial charge is 0.435 e. The second-order valence-electron chi connectivity index (χ2n) is 6.13. The Labute approximate surface area is 154 Å². The molecule has 27 heavy (non-hydrogen) atoms. The van der Waals surface area contributed by atoms with Crippen LogP contribution in [0.25, 0.3) is 0 Å². The normalized spacial score (nSPS) is 16.0. The van der Waals surface area contributed by atoms with E-state index in [2.05, 4.69) is 15.5 Å². The molecular weight excluding hydrogens is 361 g/mol. The number of aromatic nitrogens is 2. The first-order chi connectivity index (χ1) is 12.9. The van der Waals surface area contributed by atoms with Gasteiger partial charge in [0, 0.05) is 19.5 Å². The van der Waals surface area contributed by atoms with Crippen LogP contribution in [0.3, 0.4) is 0 Å². The van der Waals surface area contributed by atoms with Crippen LogP contribution in [0.1, 0.15) is 11.3 Å². The Balaban J connectivity index is 1.77. The Morgan fingerprint density at radius 3 is 2.41 bits per heavy atom. The molecule has 3 rings (SSSR count). The van der Waals surface area contributed by atoms with Crippen LogP contribution in [-0.2, 0) is 22.1 Å². The van der Waals surface area contributed by atoms with E-state index in [1.54, 1.807) is 4.90 Å². The quantitative estimate of drug-likeness (QED) is 0.863. The lowest BCUT2D eigenvalue weighted by Gasteiger charge is -2.31. The van der Waals surface area contributed by atoms with Gasteiger partial charge < -0.3 is 15.0 Å². The van der Waals surface area contributed by atoms with Gasteiger partial charge in [-0.3, -0.25) is 4.79 Å². The van der Waals surface area contributed by atoms with E-state index >= 15 is 0 Å². The van der Waals surface area contributed by atoms with E-state index in [4.69, 9.17) is 4.74 Å². The Kier molecular flexibility index (Phi) is 5.90. The van der Waals surface area contributed by atoms with Gasteiger partial charge >= 0.3 is 6.18 Å². The molecule has 0 spiro atoms. The zero-order valence-electron chi connectivity index (χ0n) is 14.4. The molecule has 9 heteroatoms. The van der Waals surface area contributed by atoms with Gasteiger partial charge in [0.1, 0.15) is 11.9 Å². The van der Waals surface area contributed by atoms with Crippen molar-refractivity contribution in [2.75, 3.05) is 31.6 Å². The van der Waals surface area contributed by atoms with Gasteiger partial charge in [0.25, 0.3) is 0 Å². The molecule has 0 aliphatic carbocycles. The molecule has 144 valence electrons. The number of carbonyl (C=O) groups is 1. The first-order valence-electron chi connectivity index (χ1n) is 8.51. The summed E-state index contributed by atoms with van der Waals surface area (Å²) in [7, 11) is 0. The third kappa shape index (κ3) is 5.16. The molecule has 0 radical (unpaired) electrons. The van der Waals surface area contributed by atoms with Gasteiger partial charge in [0.2, 0.25) is 5.91 Å². The number of rotatable bonds is 5. The van der Waals surface area contributed by atoms with E-state index in [1.807, 2.05) is 30.3 Å². The fourth-order valence-corrected chi connectivity index (χ4v) is 2.79. The molecule has 1 amide bonds. The summed E-state index contributed by atoms with van der Waals surface area (Å²) in [6.07, 6.45) is -4.18. The standard InChI is InChI=1S/C18H19F3N4O2/c19-18(20,21)15-6-7-16(24-23-15)22-14(12-13-4-2-1-3-5-13)17(26)25-8-10-27-11-9-25/h1-7,14H,8-12H2,(H,22,24). The smallest absolute Gasteiger partial charge is 0.378 e. The van der Waals surface area contributed by atoms with Crippen molar-refractivity contribution in [1.82, 2.24) is 15.1 Å². The van der Waals surface area contributed by atoms with Crippen molar-refractivity contribution in [2.24, 2.45) is 0 Å². The SMILES string of the molecule is O=C(C(Cc1ccccc1)Nc1ccc(C(F)(F)F)nn1)N1CCOCC1. The number of anilines is 1. The van der Waals surface area contributed by atoms with E-state index < -0.39 is 17.9 Å². The molecule has 2 heterocycles. The van der Waals surface area contributed by atoms with Crippen LogP contribution in [0.15, 0.2) is 42.5 Å². The molecular formula is C18H19F3N4O2. The second kappa shape index (κ2) is 8.34. The molecule has 6 nitrogen and oxygen atoms in total. The zero-order valence-corrected chi connectivity index (χ0v) is 14.4. The van der Waals surface area contributed by atoms with Crippen molar-refractivity contribution in [3.8, 4) is 0 Å². The number of hydrogen-bond donors (Lipinski definition) is 1. The predicted molar refractivity (Wildman–Crippen MR) is 92.0 cm³/mol. The van der Waals surface area contributed by atoms with Crippen molar-refractivity contribution in [1.29, 1.82) is 0 Å². The average molecular weight is 380 g/mol. The van der Waals surface area contributed by atoms with E-state index in [-0.39, 0.29) is 11.7 Å². The lowest BCUT2D eigenvalue weighted by atomic mass is 10.0. The summed E-state index contributed by atoms with van der Waals surface area (Å²) in [6.45, 7) is 1.88. The number of nitrogens with zero attached hydrogens (tertiary/aromatic N) is 3. The molecule has 1 atom stereocenters. The van der Waals surface area contributed by atoms with Crippen molar-refractivity contribution in [3.05, 3.63) is 53.7 Å². The molecule has 1 saturated heterocycles. The zero-order chi connectivity index (χ0) is 19.3. The van der Waals surface area contributed by atoms with Gasteiger partial charge in [-0.15, -0.1) is 10.2 Å². The molecule has 1 aromatic carbocycles.